The predicted molar refractivity (Wildman–Crippen MR) is 86.7 cm³/mol. The molecule has 0 saturated heterocycles. The number of rotatable bonds is 3. The van der Waals surface area contributed by atoms with Crippen LogP contribution in [0.1, 0.15) is 16.9 Å². The molecule has 4 rings (SSSR count). The largest absolute Gasteiger partial charge is 0.467 e. The molecule has 2 aromatic heterocycles. The Hall–Kier alpha value is -2.81. The van der Waals surface area contributed by atoms with Crippen LogP contribution in [0.4, 0.5) is 0 Å². The third kappa shape index (κ3) is 2.11. The van der Waals surface area contributed by atoms with Gasteiger partial charge in [0, 0.05) is 17.3 Å². The minimum Gasteiger partial charge on any atom is -0.467 e. The van der Waals surface area contributed by atoms with Crippen LogP contribution in [0.3, 0.4) is 0 Å². The Morgan fingerprint density at radius 1 is 1.09 bits per heavy atom. The fraction of sp³-hybridized carbons (Fsp3) is 0.105. The Morgan fingerprint density at radius 2 is 1.95 bits per heavy atom. The van der Waals surface area contributed by atoms with Crippen molar-refractivity contribution in [3.8, 4) is 11.1 Å². The molecule has 22 heavy (non-hydrogen) atoms. The summed E-state index contributed by atoms with van der Waals surface area (Å²) in [6.45, 7) is 0.457. The van der Waals surface area contributed by atoms with E-state index in [2.05, 4.69) is 24.3 Å². The van der Waals surface area contributed by atoms with Crippen LogP contribution in [0.25, 0.3) is 17.2 Å². The molecule has 0 spiro atoms. The summed E-state index contributed by atoms with van der Waals surface area (Å²) < 4.78 is 7.13. The van der Waals surface area contributed by atoms with Crippen LogP contribution in [0.15, 0.2) is 70.2 Å². The monoisotopic (exact) mass is 289 g/mol. The van der Waals surface area contributed by atoms with Gasteiger partial charge >= 0.3 is 0 Å². The van der Waals surface area contributed by atoms with Gasteiger partial charge in [0.05, 0.1) is 12.8 Å². The van der Waals surface area contributed by atoms with Crippen molar-refractivity contribution in [1.82, 2.24) is 4.57 Å². The van der Waals surface area contributed by atoms with E-state index in [0.29, 0.717) is 13.0 Å². The Balaban J connectivity index is 1.89. The van der Waals surface area contributed by atoms with Crippen LogP contribution in [-0.4, -0.2) is 4.57 Å². The van der Waals surface area contributed by atoms with Crippen LogP contribution in [0, 0.1) is 0 Å². The number of benzene rings is 1. The molecule has 3 heteroatoms. The van der Waals surface area contributed by atoms with Crippen molar-refractivity contribution in [1.29, 1.82) is 0 Å². The summed E-state index contributed by atoms with van der Waals surface area (Å²) in [5.41, 5.74) is 4.20. The molecule has 1 aliphatic carbocycles. The molecule has 3 aromatic rings. The lowest BCUT2D eigenvalue weighted by molar-refractivity contribution is 0.489. The van der Waals surface area contributed by atoms with Crippen LogP contribution < -0.4 is 5.56 Å². The van der Waals surface area contributed by atoms with Crippen LogP contribution in [-0.2, 0) is 13.0 Å². The molecule has 0 bridgehead atoms. The minimum absolute atomic E-state index is 0.0658. The highest BCUT2D eigenvalue weighted by atomic mass is 16.3. The zero-order chi connectivity index (χ0) is 14.9. The van der Waals surface area contributed by atoms with Gasteiger partial charge in [0.2, 0.25) is 0 Å². The number of hydrogen-bond donors (Lipinski definition) is 0. The fourth-order valence-corrected chi connectivity index (χ4v) is 2.95. The van der Waals surface area contributed by atoms with Crippen molar-refractivity contribution in [2.75, 3.05) is 0 Å². The lowest BCUT2D eigenvalue weighted by atomic mass is 9.99. The van der Waals surface area contributed by atoms with Crippen molar-refractivity contribution in [2.24, 2.45) is 0 Å². The zero-order valence-electron chi connectivity index (χ0n) is 12.0. The molecule has 0 aliphatic heterocycles. The molecule has 1 aromatic carbocycles. The number of aromatic nitrogens is 1. The molecule has 2 heterocycles. The van der Waals surface area contributed by atoms with E-state index < -0.39 is 0 Å². The van der Waals surface area contributed by atoms with Crippen LogP contribution in [0.2, 0.25) is 0 Å². The van der Waals surface area contributed by atoms with Gasteiger partial charge in [0.15, 0.2) is 0 Å². The molecular weight excluding hydrogens is 274 g/mol. The van der Waals surface area contributed by atoms with Gasteiger partial charge in [0.25, 0.3) is 5.56 Å². The first-order valence-electron chi connectivity index (χ1n) is 7.33. The Bertz CT molecular complexity index is 887. The molecule has 0 amide bonds. The Labute approximate surface area is 128 Å². The summed E-state index contributed by atoms with van der Waals surface area (Å²) in [6, 6.07) is 13.9. The molecular formula is C19H15NO2. The summed E-state index contributed by atoms with van der Waals surface area (Å²) >= 11 is 0. The lowest BCUT2D eigenvalue weighted by Gasteiger charge is -2.13. The first-order valence-corrected chi connectivity index (χ1v) is 7.33. The van der Waals surface area contributed by atoms with E-state index in [-0.39, 0.29) is 5.56 Å². The standard InChI is InChI=1S/C19H15NO2/c21-19-17-10-4-9-16(17)18(14-6-2-1-3-7-14)13-20(19)12-15-8-5-11-22-15/h1-9,11,13H,10,12H2. The minimum atomic E-state index is 0.0658. The molecule has 0 saturated carbocycles. The fourth-order valence-electron chi connectivity index (χ4n) is 2.95. The summed E-state index contributed by atoms with van der Waals surface area (Å²) in [4.78, 5) is 12.7. The summed E-state index contributed by atoms with van der Waals surface area (Å²) in [7, 11) is 0. The molecule has 0 atom stereocenters. The van der Waals surface area contributed by atoms with Gasteiger partial charge in [-0.25, -0.2) is 0 Å². The average Bonchev–Trinajstić information content (AvgIpc) is 3.22. The molecule has 0 fully saturated rings. The topological polar surface area (TPSA) is 35.1 Å². The lowest BCUT2D eigenvalue weighted by Crippen LogP contribution is -2.24. The first kappa shape index (κ1) is 12.9. The van der Waals surface area contributed by atoms with Crippen molar-refractivity contribution in [2.45, 2.75) is 13.0 Å². The summed E-state index contributed by atoms with van der Waals surface area (Å²) in [5, 5.41) is 0. The molecule has 1 aliphatic rings. The number of fused-ring (bicyclic) bond motifs is 1. The van der Waals surface area contributed by atoms with Gasteiger partial charge in [0.1, 0.15) is 5.76 Å². The molecule has 0 radical (unpaired) electrons. The number of nitrogens with zero attached hydrogens (tertiary/aromatic N) is 1. The van der Waals surface area contributed by atoms with Crippen molar-refractivity contribution < 1.29 is 4.42 Å². The number of pyridine rings is 1. The molecule has 0 N–H and O–H groups in total. The van der Waals surface area contributed by atoms with Crippen LogP contribution in [0.5, 0.6) is 0 Å². The third-order valence-corrected chi connectivity index (χ3v) is 4.02. The van der Waals surface area contributed by atoms with Crippen molar-refractivity contribution in [3.63, 3.8) is 0 Å². The second kappa shape index (κ2) is 5.19. The van der Waals surface area contributed by atoms with E-state index in [1.165, 1.54) is 0 Å². The van der Waals surface area contributed by atoms with Crippen molar-refractivity contribution in [3.05, 3.63) is 88.2 Å². The Morgan fingerprint density at radius 3 is 2.73 bits per heavy atom. The number of hydrogen-bond acceptors (Lipinski definition) is 2. The number of allylic oxidation sites excluding steroid dienone is 1. The van der Waals surface area contributed by atoms with Gasteiger partial charge in [-0.3, -0.25) is 4.79 Å². The van der Waals surface area contributed by atoms with E-state index in [1.54, 1.807) is 10.8 Å². The molecule has 108 valence electrons. The maximum atomic E-state index is 12.7. The van der Waals surface area contributed by atoms with Gasteiger partial charge < -0.3 is 8.98 Å². The van der Waals surface area contributed by atoms with E-state index >= 15 is 0 Å². The second-order valence-corrected chi connectivity index (χ2v) is 5.42. The third-order valence-electron chi connectivity index (χ3n) is 4.02. The maximum Gasteiger partial charge on any atom is 0.255 e. The quantitative estimate of drug-likeness (QED) is 0.736. The smallest absolute Gasteiger partial charge is 0.255 e. The van der Waals surface area contributed by atoms with Crippen LogP contribution >= 0.6 is 0 Å². The second-order valence-electron chi connectivity index (χ2n) is 5.42. The number of furan rings is 1. The average molecular weight is 289 g/mol. The zero-order valence-corrected chi connectivity index (χ0v) is 12.0. The highest BCUT2D eigenvalue weighted by molar-refractivity contribution is 5.78. The SMILES string of the molecule is O=c1c2c(c(-c3ccccc3)cn1Cc1ccco1)C=CC2. The first-order chi connectivity index (χ1) is 10.8. The van der Waals surface area contributed by atoms with E-state index in [4.69, 9.17) is 4.42 Å². The summed E-state index contributed by atoms with van der Waals surface area (Å²) in [6.07, 6.45) is 8.38. The van der Waals surface area contributed by atoms with E-state index in [1.807, 2.05) is 36.5 Å². The highest BCUT2D eigenvalue weighted by Crippen LogP contribution is 2.29. The van der Waals surface area contributed by atoms with Gasteiger partial charge in [-0.2, -0.15) is 0 Å². The van der Waals surface area contributed by atoms with Crippen molar-refractivity contribution >= 4 is 6.08 Å². The van der Waals surface area contributed by atoms with Gasteiger partial charge in [-0.05, 0) is 29.7 Å². The van der Waals surface area contributed by atoms with Gasteiger partial charge in [-0.1, -0.05) is 42.5 Å². The van der Waals surface area contributed by atoms with Gasteiger partial charge in [-0.15, -0.1) is 0 Å². The molecule has 0 unspecified atom stereocenters. The van der Waals surface area contributed by atoms with E-state index in [0.717, 1.165) is 28.0 Å². The predicted octanol–water partition coefficient (Wildman–Crippen LogP) is 3.73. The normalized spacial score (nSPS) is 12.5. The van der Waals surface area contributed by atoms with E-state index in [9.17, 15) is 4.79 Å². The molecule has 3 nitrogen and oxygen atoms in total. The highest BCUT2D eigenvalue weighted by Gasteiger charge is 2.18. The Kier molecular flexibility index (Phi) is 3.04. The maximum absolute atomic E-state index is 12.7. The summed E-state index contributed by atoms with van der Waals surface area (Å²) in [5.74, 6) is 0.784.